The van der Waals surface area contributed by atoms with E-state index < -0.39 is 11.0 Å². The minimum atomic E-state index is -0.506. The van der Waals surface area contributed by atoms with Crippen molar-refractivity contribution >= 4 is 12.3 Å². The molecule has 78 valence electrons. The molecule has 0 aliphatic heterocycles. The molecule has 0 saturated heterocycles. The summed E-state index contributed by atoms with van der Waals surface area (Å²) < 4.78 is 5.26. The summed E-state index contributed by atoms with van der Waals surface area (Å²) in [6, 6.07) is 0. The van der Waals surface area contributed by atoms with Crippen LogP contribution in [-0.2, 0) is 14.3 Å². The van der Waals surface area contributed by atoms with E-state index in [4.69, 9.17) is 4.74 Å². The molecule has 0 spiro atoms. The molecule has 0 aromatic heterocycles. The Bertz CT molecular complexity index is 267. The van der Waals surface area contributed by atoms with Crippen molar-refractivity contribution in [1.29, 1.82) is 0 Å². The highest BCUT2D eigenvalue weighted by molar-refractivity contribution is 5.83. The fourth-order valence-electron chi connectivity index (χ4n) is 1.18. The number of ether oxygens (including phenoxy) is 1. The number of rotatable bonds is 3. The number of carbonyl (C=O) groups is 2. The summed E-state index contributed by atoms with van der Waals surface area (Å²) in [6.07, 6.45) is 5.27. The topological polar surface area (TPSA) is 43.4 Å². The van der Waals surface area contributed by atoms with E-state index in [1.54, 1.807) is 6.08 Å². The Labute approximate surface area is 84.1 Å². The fourth-order valence-corrected chi connectivity index (χ4v) is 1.18. The first-order valence-electron chi connectivity index (χ1n) is 4.76. The second-order valence-corrected chi connectivity index (χ2v) is 4.65. The molecule has 0 heterocycles. The van der Waals surface area contributed by atoms with E-state index in [-0.39, 0.29) is 5.97 Å². The average molecular weight is 196 g/mol. The highest BCUT2D eigenvalue weighted by atomic mass is 16.6. The molecule has 0 bridgehead atoms. The van der Waals surface area contributed by atoms with Gasteiger partial charge in [-0.25, -0.2) is 0 Å². The quantitative estimate of drug-likeness (QED) is 0.393. The molecule has 0 atom stereocenters. The van der Waals surface area contributed by atoms with Gasteiger partial charge >= 0.3 is 5.97 Å². The van der Waals surface area contributed by atoms with Crippen molar-refractivity contribution in [3.05, 3.63) is 12.2 Å². The molecular weight excluding hydrogens is 180 g/mol. The zero-order valence-corrected chi connectivity index (χ0v) is 8.87. The van der Waals surface area contributed by atoms with Gasteiger partial charge in [-0.3, -0.25) is 9.59 Å². The second-order valence-electron chi connectivity index (χ2n) is 4.65. The lowest BCUT2D eigenvalue weighted by Crippen LogP contribution is -2.28. The van der Waals surface area contributed by atoms with Gasteiger partial charge in [-0.1, -0.05) is 6.08 Å². The van der Waals surface area contributed by atoms with E-state index in [0.29, 0.717) is 6.29 Å². The van der Waals surface area contributed by atoms with Gasteiger partial charge in [0, 0.05) is 0 Å². The van der Waals surface area contributed by atoms with Crippen molar-refractivity contribution in [2.75, 3.05) is 0 Å². The molecule has 0 amide bonds. The molecule has 14 heavy (non-hydrogen) atoms. The van der Waals surface area contributed by atoms with E-state index in [1.807, 2.05) is 20.8 Å². The Morgan fingerprint density at radius 1 is 1.36 bits per heavy atom. The molecule has 3 nitrogen and oxygen atoms in total. The first-order chi connectivity index (χ1) is 6.40. The summed E-state index contributed by atoms with van der Waals surface area (Å²) in [5, 5.41) is 0. The van der Waals surface area contributed by atoms with Gasteiger partial charge in [0.25, 0.3) is 0 Å². The minimum absolute atomic E-state index is 0.219. The predicted molar refractivity (Wildman–Crippen MR) is 52.7 cm³/mol. The van der Waals surface area contributed by atoms with Crippen LogP contribution in [0.3, 0.4) is 0 Å². The van der Waals surface area contributed by atoms with Crippen LogP contribution in [0.2, 0.25) is 0 Å². The van der Waals surface area contributed by atoms with Gasteiger partial charge in [0.2, 0.25) is 0 Å². The SMILES string of the molecule is CC(C)(C)OC(=O)C1(/C=C/C=O)CC1. The molecular formula is C11H16O3. The third-order valence-electron chi connectivity index (χ3n) is 2.09. The van der Waals surface area contributed by atoms with Crippen LogP contribution in [0.15, 0.2) is 12.2 Å². The molecule has 0 aromatic rings. The van der Waals surface area contributed by atoms with Crippen molar-refractivity contribution in [2.24, 2.45) is 5.41 Å². The maximum atomic E-state index is 11.7. The minimum Gasteiger partial charge on any atom is -0.459 e. The molecule has 0 N–H and O–H groups in total. The molecule has 1 aliphatic rings. The maximum absolute atomic E-state index is 11.7. The average Bonchev–Trinajstić information content (AvgIpc) is 2.78. The lowest BCUT2D eigenvalue weighted by molar-refractivity contribution is -0.159. The number of esters is 1. The van der Waals surface area contributed by atoms with E-state index in [2.05, 4.69) is 0 Å². The third kappa shape index (κ3) is 2.69. The van der Waals surface area contributed by atoms with E-state index in [1.165, 1.54) is 6.08 Å². The number of hydrogen-bond donors (Lipinski definition) is 0. The third-order valence-corrected chi connectivity index (χ3v) is 2.09. The van der Waals surface area contributed by atoms with Gasteiger partial charge < -0.3 is 4.74 Å². The Balaban J connectivity index is 2.61. The van der Waals surface area contributed by atoms with Crippen molar-refractivity contribution in [3.63, 3.8) is 0 Å². The zero-order chi connectivity index (χ0) is 10.8. The maximum Gasteiger partial charge on any atom is 0.316 e. The van der Waals surface area contributed by atoms with Gasteiger partial charge in [-0.05, 0) is 39.7 Å². The van der Waals surface area contributed by atoms with Crippen LogP contribution >= 0.6 is 0 Å². The standard InChI is InChI=1S/C11H16O3/c1-10(2,3)14-9(13)11(6-7-11)5-4-8-12/h4-5,8H,6-7H2,1-3H3/b5-4+. The summed E-state index contributed by atoms with van der Waals surface area (Å²) in [6.45, 7) is 5.51. The van der Waals surface area contributed by atoms with Gasteiger partial charge in [0.05, 0.1) is 5.41 Å². The lowest BCUT2D eigenvalue weighted by atomic mass is 10.1. The molecule has 1 rings (SSSR count). The first-order valence-corrected chi connectivity index (χ1v) is 4.76. The molecule has 0 radical (unpaired) electrons. The summed E-state index contributed by atoms with van der Waals surface area (Å²) in [4.78, 5) is 21.8. The number of hydrogen-bond acceptors (Lipinski definition) is 3. The van der Waals surface area contributed by atoms with Crippen LogP contribution in [0.5, 0.6) is 0 Å². The lowest BCUT2D eigenvalue weighted by Gasteiger charge is -2.22. The number of allylic oxidation sites excluding steroid dienone is 1. The second kappa shape index (κ2) is 3.56. The van der Waals surface area contributed by atoms with E-state index in [9.17, 15) is 9.59 Å². The van der Waals surface area contributed by atoms with Gasteiger partial charge in [0.15, 0.2) is 0 Å². The number of aldehydes is 1. The van der Waals surface area contributed by atoms with Crippen LogP contribution in [0.25, 0.3) is 0 Å². The first kappa shape index (κ1) is 11.0. The van der Waals surface area contributed by atoms with Gasteiger partial charge in [0.1, 0.15) is 11.9 Å². The van der Waals surface area contributed by atoms with Crippen molar-refractivity contribution in [1.82, 2.24) is 0 Å². The van der Waals surface area contributed by atoms with Crippen LogP contribution in [-0.4, -0.2) is 17.9 Å². The smallest absolute Gasteiger partial charge is 0.316 e. The normalized spacial score (nSPS) is 19.4. The number of carbonyl (C=O) groups excluding carboxylic acids is 2. The predicted octanol–water partition coefficient (Wildman–Crippen LogP) is 1.86. The molecule has 0 unspecified atom stereocenters. The Morgan fingerprint density at radius 3 is 2.29 bits per heavy atom. The summed E-state index contributed by atoms with van der Waals surface area (Å²) in [5.41, 5.74) is -0.962. The summed E-state index contributed by atoms with van der Waals surface area (Å²) in [7, 11) is 0. The molecule has 1 fully saturated rings. The Hall–Kier alpha value is -1.12. The Morgan fingerprint density at radius 2 is 1.93 bits per heavy atom. The highest BCUT2D eigenvalue weighted by Crippen LogP contribution is 2.48. The van der Waals surface area contributed by atoms with Crippen LogP contribution in [0.4, 0.5) is 0 Å². The largest absolute Gasteiger partial charge is 0.459 e. The molecule has 0 aromatic carbocycles. The fraction of sp³-hybridized carbons (Fsp3) is 0.636. The van der Waals surface area contributed by atoms with Crippen LogP contribution in [0.1, 0.15) is 33.6 Å². The summed E-state index contributed by atoms with van der Waals surface area (Å²) >= 11 is 0. The Kier molecular flexibility index (Phi) is 2.79. The van der Waals surface area contributed by atoms with Crippen molar-refractivity contribution in [2.45, 2.75) is 39.2 Å². The van der Waals surface area contributed by atoms with Crippen molar-refractivity contribution in [3.8, 4) is 0 Å². The van der Waals surface area contributed by atoms with Gasteiger partial charge in [-0.15, -0.1) is 0 Å². The van der Waals surface area contributed by atoms with Crippen molar-refractivity contribution < 1.29 is 14.3 Å². The molecule has 1 saturated carbocycles. The summed E-state index contributed by atoms with van der Waals surface area (Å²) in [5.74, 6) is -0.219. The van der Waals surface area contributed by atoms with E-state index >= 15 is 0 Å². The van der Waals surface area contributed by atoms with Crippen LogP contribution < -0.4 is 0 Å². The van der Waals surface area contributed by atoms with Gasteiger partial charge in [-0.2, -0.15) is 0 Å². The monoisotopic (exact) mass is 196 g/mol. The molecule has 3 heteroatoms. The van der Waals surface area contributed by atoms with Crippen LogP contribution in [0, 0.1) is 5.41 Å². The highest BCUT2D eigenvalue weighted by Gasteiger charge is 2.50. The van der Waals surface area contributed by atoms with E-state index in [0.717, 1.165) is 12.8 Å². The molecule has 1 aliphatic carbocycles. The zero-order valence-electron chi connectivity index (χ0n) is 8.87.